The molecular weight excluding hydrogens is 410 g/mol. The molecule has 2 aromatic carbocycles. The van der Waals surface area contributed by atoms with Crippen molar-refractivity contribution < 1.29 is 8.42 Å². The van der Waals surface area contributed by atoms with E-state index >= 15 is 0 Å². The number of fused-ring (bicyclic) bond motifs is 2. The van der Waals surface area contributed by atoms with Gasteiger partial charge in [0.2, 0.25) is 0 Å². The Morgan fingerprint density at radius 1 is 0.871 bits per heavy atom. The normalized spacial score (nSPS) is 11.8. The van der Waals surface area contributed by atoms with Gasteiger partial charge in [-0.15, -0.1) is 0 Å². The largest absolute Gasteiger partial charge is 0.355 e. The van der Waals surface area contributed by atoms with E-state index in [1.807, 2.05) is 25.4 Å². The molecule has 31 heavy (non-hydrogen) atoms. The van der Waals surface area contributed by atoms with Crippen LogP contribution in [-0.2, 0) is 16.9 Å². The van der Waals surface area contributed by atoms with Gasteiger partial charge in [0.25, 0.3) is 0 Å². The number of rotatable bonds is 4. The van der Waals surface area contributed by atoms with E-state index < -0.39 is 9.84 Å². The van der Waals surface area contributed by atoms with Gasteiger partial charge in [-0.25, -0.2) is 13.4 Å². The van der Waals surface area contributed by atoms with Gasteiger partial charge < -0.3 is 9.88 Å². The molecular formula is C23H19N5O2S. The Balaban J connectivity index is 1.65. The minimum Gasteiger partial charge on any atom is -0.355 e. The molecule has 0 amide bonds. The van der Waals surface area contributed by atoms with Gasteiger partial charge in [-0.05, 0) is 47.3 Å². The number of nitrogens with one attached hydrogen (secondary N) is 1. The van der Waals surface area contributed by atoms with Crippen LogP contribution in [0.5, 0.6) is 0 Å². The number of hydrogen-bond acceptors (Lipinski definition) is 6. The fraction of sp³-hybridized carbons (Fsp3) is 0.0870. The monoisotopic (exact) mass is 429 g/mol. The summed E-state index contributed by atoms with van der Waals surface area (Å²) in [5.41, 5.74) is 6.03. The second-order valence-electron chi connectivity index (χ2n) is 7.43. The predicted octanol–water partition coefficient (Wildman–Crippen LogP) is 4.33. The topological polar surface area (TPSA) is 89.8 Å². The molecule has 0 aliphatic carbocycles. The van der Waals surface area contributed by atoms with E-state index in [2.05, 4.69) is 49.1 Å². The second-order valence-corrected chi connectivity index (χ2v) is 9.39. The highest BCUT2D eigenvalue weighted by Gasteiger charge is 2.12. The maximum absolute atomic E-state index is 11.9. The van der Waals surface area contributed by atoms with Gasteiger partial charge in [0.1, 0.15) is 0 Å². The first-order chi connectivity index (χ1) is 14.9. The summed E-state index contributed by atoms with van der Waals surface area (Å²) in [6, 6.07) is 15.5. The Morgan fingerprint density at radius 3 is 2.55 bits per heavy atom. The number of sulfone groups is 1. The predicted molar refractivity (Wildman–Crippen MR) is 122 cm³/mol. The van der Waals surface area contributed by atoms with Crippen molar-refractivity contribution >= 4 is 43.1 Å². The number of hydrogen-bond donors (Lipinski definition) is 1. The average Bonchev–Trinajstić information content (AvgIpc) is 3.13. The first-order valence-corrected chi connectivity index (χ1v) is 11.5. The minimum absolute atomic E-state index is 0.0208. The molecule has 3 heterocycles. The molecule has 0 spiro atoms. The molecule has 1 N–H and O–H groups in total. The van der Waals surface area contributed by atoms with Gasteiger partial charge >= 0.3 is 0 Å². The first kappa shape index (κ1) is 19.2. The van der Waals surface area contributed by atoms with Crippen molar-refractivity contribution in [3.05, 3.63) is 73.3 Å². The van der Waals surface area contributed by atoms with Crippen molar-refractivity contribution in [2.75, 3.05) is 11.6 Å². The van der Waals surface area contributed by atoms with E-state index in [4.69, 9.17) is 0 Å². The highest BCUT2D eigenvalue weighted by Crippen LogP contribution is 2.33. The van der Waals surface area contributed by atoms with E-state index in [-0.39, 0.29) is 5.03 Å². The Kier molecular flexibility index (Phi) is 4.44. The zero-order valence-corrected chi connectivity index (χ0v) is 17.8. The van der Waals surface area contributed by atoms with Crippen LogP contribution >= 0.6 is 0 Å². The van der Waals surface area contributed by atoms with Crippen molar-refractivity contribution in [3.63, 3.8) is 0 Å². The summed E-state index contributed by atoms with van der Waals surface area (Å²) in [6.07, 6.45) is 7.99. The summed E-state index contributed by atoms with van der Waals surface area (Å²) >= 11 is 0. The quantitative estimate of drug-likeness (QED) is 0.457. The molecule has 5 aromatic rings. The van der Waals surface area contributed by atoms with Crippen LogP contribution in [0.25, 0.3) is 33.1 Å². The third-order valence-corrected chi connectivity index (χ3v) is 6.16. The molecule has 3 aromatic heterocycles. The number of benzene rings is 2. The lowest BCUT2D eigenvalue weighted by atomic mass is 10.0. The van der Waals surface area contributed by atoms with Crippen LogP contribution in [0.4, 0.5) is 11.4 Å². The van der Waals surface area contributed by atoms with Gasteiger partial charge in [-0.3, -0.25) is 9.97 Å². The third-order valence-electron chi connectivity index (χ3n) is 5.18. The van der Waals surface area contributed by atoms with Crippen molar-refractivity contribution in [1.82, 2.24) is 19.5 Å². The summed E-state index contributed by atoms with van der Waals surface area (Å²) in [6.45, 7) is 0. The Hall–Kier alpha value is -3.78. The van der Waals surface area contributed by atoms with Crippen LogP contribution in [0, 0.1) is 0 Å². The van der Waals surface area contributed by atoms with Gasteiger partial charge in [0, 0.05) is 60.5 Å². The van der Waals surface area contributed by atoms with Gasteiger partial charge in [-0.2, -0.15) is 0 Å². The number of pyridine rings is 1. The van der Waals surface area contributed by atoms with Crippen molar-refractivity contribution in [2.45, 2.75) is 5.03 Å². The molecule has 0 radical (unpaired) electrons. The minimum atomic E-state index is -3.40. The Bertz CT molecular complexity index is 1560. The van der Waals surface area contributed by atoms with Crippen molar-refractivity contribution in [3.8, 4) is 11.1 Å². The van der Waals surface area contributed by atoms with Gasteiger partial charge in [0.05, 0.1) is 11.0 Å². The molecule has 154 valence electrons. The number of aryl methyl sites for hydroxylation is 1. The number of aromatic nitrogens is 4. The fourth-order valence-electron chi connectivity index (χ4n) is 3.65. The maximum atomic E-state index is 11.9. The van der Waals surface area contributed by atoms with Crippen molar-refractivity contribution in [1.29, 1.82) is 0 Å². The SMILES string of the molecule is Cn1ccc2ccc(-c3cc(Nc4ccnc(S(C)(=O)=O)c4)cc4nccnc34)cc21. The molecule has 8 heteroatoms. The maximum Gasteiger partial charge on any atom is 0.192 e. The van der Waals surface area contributed by atoms with Crippen LogP contribution in [0.1, 0.15) is 0 Å². The number of anilines is 2. The summed E-state index contributed by atoms with van der Waals surface area (Å²) in [7, 11) is -1.38. The van der Waals surface area contributed by atoms with Gasteiger partial charge in [-0.1, -0.05) is 12.1 Å². The van der Waals surface area contributed by atoms with Crippen molar-refractivity contribution in [2.24, 2.45) is 7.05 Å². The summed E-state index contributed by atoms with van der Waals surface area (Å²) in [5.74, 6) is 0. The smallest absolute Gasteiger partial charge is 0.192 e. The van der Waals surface area contributed by atoms with E-state index in [0.717, 1.165) is 39.6 Å². The molecule has 0 saturated carbocycles. The lowest BCUT2D eigenvalue weighted by Crippen LogP contribution is -2.01. The summed E-state index contributed by atoms with van der Waals surface area (Å²) < 4.78 is 25.8. The molecule has 0 bridgehead atoms. The summed E-state index contributed by atoms with van der Waals surface area (Å²) in [5, 5.41) is 4.47. The van der Waals surface area contributed by atoms with Gasteiger partial charge in [0.15, 0.2) is 14.9 Å². The lowest BCUT2D eigenvalue weighted by molar-refractivity contribution is 0.598. The van der Waals surface area contributed by atoms with E-state index in [1.165, 1.54) is 17.6 Å². The molecule has 7 nitrogen and oxygen atoms in total. The van der Waals surface area contributed by atoms with Crippen LogP contribution < -0.4 is 5.32 Å². The van der Waals surface area contributed by atoms with Crippen LogP contribution in [0.3, 0.4) is 0 Å². The lowest BCUT2D eigenvalue weighted by Gasteiger charge is -2.12. The Labute approximate surface area is 179 Å². The van der Waals surface area contributed by atoms with Crippen LogP contribution in [-0.4, -0.2) is 34.2 Å². The fourth-order valence-corrected chi connectivity index (χ4v) is 4.25. The third kappa shape index (κ3) is 3.62. The molecule has 0 fully saturated rings. The summed E-state index contributed by atoms with van der Waals surface area (Å²) in [4.78, 5) is 13.0. The molecule has 0 unspecified atom stereocenters. The zero-order valence-electron chi connectivity index (χ0n) is 16.9. The zero-order chi connectivity index (χ0) is 21.6. The second kappa shape index (κ2) is 7.17. The standard InChI is InChI=1S/C23H19N5O2S/c1-28-10-6-15-3-4-16(11-21(15)28)19-12-18(13-20-23(19)26-9-8-24-20)27-17-5-7-25-22(14-17)31(2,29)30/h3-14H,1-2H3,(H,25,27). The molecule has 0 saturated heterocycles. The van der Waals surface area contributed by atoms with E-state index in [9.17, 15) is 8.42 Å². The van der Waals surface area contributed by atoms with E-state index in [1.54, 1.807) is 18.5 Å². The molecule has 0 aliphatic heterocycles. The Morgan fingerprint density at radius 2 is 1.71 bits per heavy atom. The molecule has 0 aliphatic rings. The highest BCUT2D eigenvalue weighted by molar-refractivity contribution is 7.90. The van der Waals surface area contributed by atoms with E-state index in [0.29, 0.717) is 5.69 Å². The number of nitrogens with zero attached hydrogens (tertiary/aromatic N) is 4. The average molecular weight is 430 g/mol. The van der Waals surface area contributed by atoms with Crippen LogP contribution in [0.2, 0.25) is 0 Å². The molecule has 0 atom stereocenters. The first-order valence-electron chi connectivity index (χ1n) is 9.62. The molecule has 5 rings (SSSR count). The highest BCUT2D eigenvalue weighted by atomic mass is 32.2. The van der Waals surface area contributed by atoms with Crippen LogP contribution in [0.15, 0.2) is 78.3 Å².